The van der Waals surface area contributed by atoms with Crippen LogP contribution in [0.25, 0.3) is 0 Å². The fourth-order valence-electron chi connectivity index (χ4n) is 1.47. The number of pyridine rings is 1. The summed E-state index contributed by atoms with van der Waals surface area (Å²) < 4.78 is 40.1. The van der Waals surface area contributed by atoms with Gasteiger partial charge in [-0.3, -0.25) is 4.72 Å². The van der Waals surface area contributed by atoms with E-state index in [4.69, 9.17) is 5.26 Å². The minimum Gasteiger partial charge on any atom is -0.278 e. The number of nitrogens with one attached hydrogen (secondary N) is 1. The Morgan fingerprint density at radius 2 is 2.10 bits per heavy atom. The summed E-state index contributed by atoms with van der Waals surface area (Å²) in [5.41, 5.74) is -0.190. The van der Waals surface area contributed by atoms with Gasteiger partial charge in [0.1, 0.15) is 16.8 Å². The second kappa shape index (κ2) is 5.56. The summed E-state index contributed by atoms with van der Waals surface area (Å²) in [5.74, 6) is -0.586. The maximum absolute atomic E-state index is 13.1. The molecule has 0 aliphatic carbocycles. The first-order valence-electron chi connectivity index (χ1n) is 5.27. The average molecular weight is 356 g/mol. The van der Waals surface area contributed by atoms with E-state index in [0.717, 1.165) is 6.07 Å². The van der Waals surface area contributed by atoms with E-state index in [-0.39, 0.29) is 16.3 Å². The van der Waals surface area contributed by atoms with Crippen LogP contribution in [0.4, 0.5) is 10.1 Å². The summed E-state index contributed by atoms with van der Waals surface area (Å²) in [5, 5.41) is 8.87. The van der Waals surface area contributed by atoms with Crippen molar-refractivity contribution in [2.45, 2.75) is 4.90 Å². The smallest absolute Gasteiger partial charge is 0.264 e. The van der Waals surface area contributed by atoms with Crippen LogP contribution in [0, 0.1) is 17.1 Å². The first kappa shape index (κ1) is 14.4. The summed E-state index contributed by atoms with van der Waals surface area (Å²) >= 11 is 3.12. The fraction of sp³-hybridized carbons (Fsp3) is 0. The zero-order valence-electron chi connectivity index (χ0n) is 9.84. The van der Waals surface area contributed by atoms with Gasteiger partial charge in [0.05, 0.1) is 5.69 Å². The summed E-state index contributed by atoms with van der Waals surface area (Å²) in [7, 11) is -4.03. The van der Waals surface area contributed by atoms with Gasteiger partial charge >= 0.3 is 0 Å². The van der Waals surface area contributed by atoms with E-state index in [1.807, 2.05) is 0 Å². The molecule has 0 spiro atoms. The molecule has 0 aliphatic heterocycles. The highest BCUT2D eigenvalue weighted by Gasteiger charge is 2.20. The van der Waals surface area contributed by atoms with Gasteiger partial charge in [-0.25, -0.2) is 17.8 Å². The van der Waals surface area contributed by atoms with Crippen LogP contribution in [0.3, 0.4) is 0 Å². The zero-order valence-corrected chi connectivity index (χ0v) is 12.2. The Balaban J connectivity index is 2.47. The third-order valence-corrected chi connectivity index (χ3v) is 4.43. The Hall–Kier alpha value is -1.98. The molecule has 20 heavy (non-hydrogen) atoms. The van der Waals surface area contributed by atoms with Crippen molar-refractivity contribution in [2.75, 3.05) is 4.72 Å². The number of sulfonamides is 1. The minimum absolute atomic E-state index is 0.0396. The third kappa shape index (κ3) is 2.95. The normalized spacial score (nSPS) is 10.8. The van der Waals surface area contributed by atoms with Crippen LogP contribution >= 0.6 is 15.9 Å². The maximum Gasteiger partial charge on any atom is 0.264 e. The summed E-state index contributed by atoms with van der Waals surface area (Å²) in [6.07, 6.45) is 1.32. The zero-order chi connectivity index (χ0) is 14.8. The number of hydrogen-bond donors (Lipinski definition) is 1. The molecule has 0 saturated heterocycles. The number of nitriles is 1. The summed E-state index contributed by atoms with van der Waals surface area (Å²) in [6.45, 7) is 0. The molecular formula is C12H7BrFN3O2S. The van der Waals surface area contributed by atoms with Crippen LogP contribution in [0.15, 0.2) is 45.9 Å². The molecule has 1 N–H and O–H groups in total. The fourth-order valence-corrected chi connectivity index (χ4v) is 3.12. The molecule has 102 valence electrons. The highest BCUT2D eigenvalue weighted by atomic mass is 79.9. The Morgan fingerprint density at radius 3 is 2.80 bits per heavy atom. The molecule has 0 radical (unpaired) electrons. The lowest BCUT2D eigenvalue weighted by atomic mass is 10.3. The quantitative estimate of drug-likeness (QED) is 0.917. The molecule has 8 heteroatoms. The van der Waals surface area contributed by atoms with Gasteiger partial charge in [0.15, 0.2) is 5.69 Å². The first-order chi connectivity index (χ1) is 9.44. The lowest BCUT2D eigenvalue weighted by Crippen LogP contribution is -2.15. The number of halogens is 2. The molecule has 0 fully saturated rings. The monoisotopic (exact) mass is 355 g/mol. The molecule has 0 saturated carbocycles. The lowest BCUT2D eigenvalue weighted by molar-refractivity contribution is 0.600. The Bertz CT molecular complexity index is 803. The molecular weight excluding hydrogens is 349 g/mol. The van der Waals surface area contributed by atoms with E-state index in [2.05, 4.69) is 25.6 Å². The van der Waals surface area contributed by atoms with Crippen LogP contribution in [-0.4, -0.2) is 13.4 Å². The molecule has 2 aromatic rings. The average Bonchev–Trinajstić information content (AvgIpc) is 2.42. The van der Waals surface area contributed by atoms with E-state index in [1.54, 1.807) is 6.07 Å². The van der Waals surface area contributed by atoms with E-state index in [9.17, 15) is 12.8 Å². The topological polar surface area (TPSA) is 82.8 Å². The van der Waals surface area contributed by atoms with Crippen molar-refractivity contribution in [1.82, 2.24) is 4.98 Å². The summed E-state index contributed by atoms with van der Waals surface area (Å²) in [4.78, 5) is 3.41. The molecule has 0 unspecified atom stereocenters. The molecule has 0 aliphatic rings. The van der Waals surface area contributed by atoms with Gasteiger partial charge < -0.3 is 0 Å². The van der Waals surface area contributed by atoms with Crippen LogP contribution in [0.1, 0.15) is 5.69 Å². The van der Waals surface area contributed by atoms with E-state index in [1.165, 1.54) is 30.5 Å². The van der Waals surface area contributed by atoms with Crippen LogP contribution in [0.2, 0.25) is 0 Å². The Kier molecular flexibility index (Phi) is 4.01. The highest BCUT2D eigenvalue weighted by molar-refractivity contribution is 9.10. The molecule has 0 atom stereocenters. The highest BCUT2D eigenvalue weighted by Crippen LogP contribution is 2.26. The third-order valence-electron chi connectivity index (χ3n) is 2.34. The number of aromatic nitrogens is 1. The number of anilines is 1. The number of nitrogens with zero attached hydrogens (tertiary/aromatic N) is 2. The standard InChI is InChI=1S/C12H7BrFN3O2S/c13-9-4-3-8(14)6-10(9)17-20(18,19)12-2-1-5-16-11(12)7-15/h1-6,17H. The van der Waals surface area contributed by atoms with Gasteiger partial charge in [0.2, 0.25) is 0 Å². The molecule has 1 aromatic heterocycles. The van der Waals surface area contributed by atoms with Gasteiger partial charge in [-0.1, -0.05) is 0 Å². The number of hydrogen-bond acceptors (Lipinski definition) is 4. The van der Waals surface area contributed by atoms with Gasteiger partial charge in [0.25, 0.3) is 10.0 Å². The van der Waals surface area contributed by atoms with Gasteiger partial charge in [-0.05, 0) is 46.3 Å². The lowest BCUT2D eigenvalue weighted by Gasteiger charge is -2.10. The van der Waals surface area contributed by atoms with Crippen molar-refractivity contribution in [1.29, 1.82) is 5.26 Å². The van der Waals surface area contributed by atoms with Crippen molar-refractivity contribution in [2.24, 2.45) is 0 Å². The second-order valence-corrected chi connectivity index (χ2v) is 6.20. The van der Waals surface area contributed by atoms with Crippen LogP contribution in [-0.2, 0) is 10.0 Å². The Labute approximate surface area is 123 Å². The molecule has 5 nitrogen and oxygen atoms in total. The molecule has 0 amide bonds. The number of benzene rings is 1. The van der Waals surface area contributed by atoms with Crippen LogP contribution < -0.4 is 4.72 Å². The summed E-state index contributed by atoms with van der Waals surface area (Å²) in [6, 6.07) is 7.94. The van der Waals surface area contributed by atoms with E-state index >= 15 is 0 Å². The molecule has 2 rings (SSSR count). The molecule has 1 heterocycles. The first-order valence-corrected chi connectivity index (χ1v) is 7.54. The SMILES string of the molecule is N#Cc1ncccc1S(=O)(=O)Nc1cc(F)ccc1Br. The van der Waals surface area contributed by atoms with Gasteiger partial charge in [-0.15, -0.1) is 0 Å². The van der Waals surface area contributed by atoms with E-state index in [0.29, 0.717) is 4.47 Å². The minimum atomic E-state index is -4.03. The molecule has 1 aromatic carbocycles. The van der Waals surface area contributed by atoms with Crippen molar-refractivity contribution in [3.05, 3.63) is 52.5 Å². The van der Waals surface area contributed by atoms with E-state index < -0.39 is 15.8 Å². The van der Waals surface area contributed by atoms with Gasteiger partial charge in [-0.2, -0.15) is 5.26 Å². The predicted molar refractivity (Wildman–Crippen MR) is 73.9 cm³/mol. The largest absolute Gasteiger partial charge is 0.278 e. The van der Waals surface area contributed by atoms with Crippen molar-refractivity contribution in [3.63, 3.8) is 0 Å². The van der Waals surface area contributed by atoms with Crippen molar-refractivity contribution in [3.8, 4) is 6.07 Å². The predicted octanol–water partition coefficient (Wildman–Crippen LogP) is 2.66. The van der Waals surface area contributed by atoms with Gasteiger partial charge in [0, 0.05) is 10.7 Å². The van der Waals surface area contributed by atoms with Crippen LogP contribution in [0.5, 0.6) is 0 Å². The number of rotatable bonds is 3. The Morgan fingerprint density at radius 1 is 1.35 bits per heavy atom. The van der Waals surface area contributed by atoms with Crippen molar-refractivity contribution >= 4 is 31.6 Å². The maximum atomic E-state index is 13.1. The van der Waals surface area contributed by atoms with Crippen molar-refractivity contribution < 1.29 is 12.8 Å². The second-order valence-electron chi connectivity index (χ2n) is 3.69. The molecule has 0 bridgehead atoms.